The number of hydrogen-bond donors (Lipinski definition) is 3. The molecular weight excluding hydrogens is 411 g/mol. The minimum Gasteiger partial charge on any atom is -0.411 e. The predicted molar refractivity (Wildman–Crippen MR) is 120 cm³/mol. The van der Waals surface area contributed by atoms with E-state index in [4.69, 9.17) is 44.4 Å². The van der Waals surface area contributed by atoms with E-state index < -0.39 is 0 Å². The average molecular weight is 435 g/mol. The van der Waals surface area contributed by atoms with Gasteiger partial charge in [-0.15, -0.1) is 6.42 Å². The number of oxime groups is 1. The van der Waals surface area contributed by atoms with Crippen molar-refractivity contribution in [3.05, 3.63) is 76.0 Å². The van der Waals surface area contributed by atoms with Crippen molar-refractivity contribution < 1.29 is 9.73 Å². The smallest absolute Gasteiger partial charge is 0.150 e. The van der Waals surface area contributed by atoms with E-state index in [0.29, 0.717) is 28.9 Å². The van der Waals surface area contributed by atoms with Crippen LogP contribution < -0.4 is 11.5 Å². The Kier molecular flexibility index (Phi) is 13.7. The Bertz CT molecular complexity index is 886. The second kappa shape index (κ2) is 15.1. The number of benzene rings is 2. The van der Waals surface area contributed by atoms with Gasteiger partial charge in [0.15, 0.2) is 5.76 Å². The maximum absolute atomic E-state index is 8.13. The van der Waals surface area contributed by atoms with Crippen LogP contribution in [-0.2, 0) is 6.54 Å². The molecule has 1 aromatic heterocycles. The highest BCUT2D eigenvalue weighted by Gasteiger charge is 2.04. The monoisotopic (exact) mass is 434 g/mol. The van der Waals surface area contributed by atoms with Crippen molar-refractivity contribution in [1.29, 1.82) is 0 Å². The summed E-state index contributed by atoms with van der Waals surface area (Å²) in [6.07, 6.45) is 6.00. The van der Waals surface area contributed by atoms with Gasteiger partial charge in [0.25, 0.3) is 0 Å². The van der Waals surface area contributed by atoms with Crippen LogP contribution in [0.5, 0.6) is 0 Å². The first-order valence-electron chi connectivity index (χ1n) is 8.02. The van der Waals surface area contributed by atoms with E-state index in [9.17, 15) is 0 Å². The maximum Gasteiger partial charge on any atom is 0.150 e. The summed E-state index contributed by atoms with van der Waals surface area (Å²) in [6, 6.07) is 16.2. The van der Waals surface area contributed by atoms with Gasteiger partial charge >= 0.3 is 0 Å². The van der Waals surface area contributed by atoms with E-state index in [2.05, 4.69) is 22.7 Å². The highest BCUT2D eigenvalue weighted by molar-refractivity contribution is 6.30. The lowest BCUT2D eigenvalue weighted by Gasteiger charge is -1.93. The first kappa shape index (κ1) is 26.2. The summed E-state index contributed by atoms with van der Waals surface area (Å²) >= 11 is 11.4. The van der Waals surface area contributed by atoms with Crippen molar-refractivity contribution in [2.45, 2.75) is 14.0 Å². The largest absolute Gasteiger partial charge is 0.411 e. The Hall–Kier alpha value is -2.82. The number of halogens is 2. The topological polar surface area (TPSA) is 111 Å². The second-order valence-electron chi connectivity index (χ2n) is 5.09. The van der Waals surface area contributed by atoms with Crippen LogP contribution in [0.1, 0.15) is 18.8 Å². The van der Waals surface area contributed by atoms with Gasteiger partial charge in [-0.1, -0.05) is 71.1 Å². The molecule has 8 heteroatoms. The fourth-order valence-corrected chi connectivity index (χ4v) is 2.03. The van der Waals surface area contributed by atoms with Crippen molar-refractivity contribution in [1.82, 2.24) is 5.16 Å². The zero-order valence-electron chi connectivity index (χ0n) is 14.9. The maximum atomic E-state index is 8.13. The van der Waals surface area contributed by atoms with Crippen LogP contribution in [0.2, 0.25) is 10.0 Å². The van der Waals surface area contributed by atoms with Crippen LogP contribution >= 0.6 is 23.2 Å². The summed E-state index contributed by atoms with van der Waals surface area (Å²) in [7, 11) is 0. The number of hydrogen-bond acceptors (Lipinski definition) is 6. The second-order valence-corrected chi connectivity index (χ2v) is 5.97. The lowest BCUT2D eigenvalue weighted by molar-refractivity contribution is 0.322. The van der Waals surface area contributed by atoms with E-state index in [1.54, 1.807) is 24.3 Å². The molecule has 3 rings (SSSR count). The molecule has 0 aliphatic rings. The molecule has 0 saturated heterocycles. The minimum absolute atomic E-state index is 0. The molecule has 0 saturated carbocycles. The normalized spacial score (nSPS) is 9.34. The summed E-state index contributed by atoms with van der Waals surface area (Å²) in [4.78, 5) is 0. The van der Waals surface area contributed by atoms with Crippen LogP contribution in [0.15, 0.2) is 64.3 Å². The molecular formula is C21H24Cl2N4O2. The van der Waals surface area contributed by atoms with E-state index in [1.165, 1.54) is 6.21 Å². The van der Waals surface area contributed by atoms with E-state index in [-0.39, 0.29) is 7.43 Å². The number of aromatic nitrogens is 1. The van der Waals surface area contributed by atoms with E-state index in [0.717, 1.165) is 16.8 Å². The van der Waals surface area contributed by atoms with Crippen molar-refractivity contribution in [3.8, 4) is 23.6 Å². The first-order valence-corrected chi connectivity index (χ1v) is 8.77. The molecule has 1 heterocycles. The summed E-state index contributed by atoms with van der Waals surface area (Å²) in [5.41, 5.74) is 12.8. The van der Waals surface area contributed by atoms with Crippen molar-refractivity contribution in [2.24, 2.45) is 16.6 Å². The predicted octanol–water partition coefficient (Wildman–Crippen LogP) is 4.82. The zero-order valence-corrected chi connectivity index (χ0v) is 16.4. The molecule has 0 atom stereocenters. The van der Waals surface area contributed by atoms with E-state index >= 15 is 0 Å². The van der Waals surface area contributed by atoms with Crippen molar-refractivity contribution in [2.75, 3.05) is 6.54 Å². The average Bonchev–Trinajstić information content (AvgIpc) is 3.20. The number of nitrogens with zero attached hydrogens (tertiary/aromatic N) is 2. The van der Waals surface area contributed by atoms with Gasteiger partial charge in [0, 0.05) is 21.7 Å². The third kappa shape index (κ3) is 10.3. The first-order chi connectivity index (χ1) is 13.5. The quantitative estimate of drug-likeness (QED) is 0.237. The summed E-state index contributed by atoms with van der Waals surface area (Å²) in [6.45, 7) is 0.709. The Morgan fingerprint density at radius 2 is 1.59 bits per heavy atom. The molecule has 0 amide bonds. The molecule has 0 fully saturated rings. The SMILES string of the molecule is C.C#CCN.NCc1cc(-c2ccc(Cl)cc2)no1.O/N=C/c1ccc(Cl)cc1. The number of rotatable bonds is 3. The van der Waals surface area contributed by atoms with Crippen molar-refractivity contribution >= 4 is 29.4 Å². The Morgan fingerprint density at radius 1 is 1.07 bits per heavy atom. The molecule has 6 nitrogen and oxygen atoms in total. The fraction of sp³-hybridized carbons (Fsp3) is 0.143. The Balaban J connectivity index is 0.000000461. The summed E-state index contributed by atoms with van der Waals surface area (Å²) < 4.78 is 4.99. The highest BCUT2D eigenvalue weighted by Crippen LogP contribution is 2.20. The molecule has 3 aromatic rings. The minimum atomic E-state index is 0. The standard InChI is InChI=1S/C10H9ClN2O.C7H6ClNO.C3H5N.CH4/c11-8-3-1-7(2-4-8)10-5-9(6-12)14-13-10;8-7-3-1-6(2-4-7)5-9-10;1-2-3-4;/h1-5H,6,12H2;1-5,10H;1H,3-4H2;1H4/b;9-5+;;. The molecule has 5 N–H and O–H groups in total. The van der Waals surface area contributed by atoms with Gasteiger partial charge in [-0.3, -0.25) is 0 Å². The van der Waals surface area contributed by atoms with Crippen LogP contribution in [0.4, 0.5) is 0 Å². The lowest BCUT2D eigenvalue weighted by atomic mass is 10.1. The third-order valence-corrected chi connectivity index (χ3v) is 3.60. The van der Waals surface area contributed by atoms with Crippen LogP contribution in [0, 0.1) is 12.3 Å². The molecule has 154 valence electrons. The number of terminal acetylenes is 1. The van der Waals surface area contributed by atoms with Gasteiger partial charge in [-0.2, -0.15) is 0 Å². The molecule has 0 aliphatic heterocycles. The van der Waals surface area contributed by atoms with Gasteiger partial charge in [-0.05, 0) is 29.8 Å². The van der Waals surface area contributed by atoms with Gasteiger partial charge in [0.2, 0.25) is 0 Å². The fourth-order valence-electron chi connectivity index (χ4n) is 1.78. The number of nitrogens with two attached hydrogens (primary N) is 2. The van der Waals surface area contributed by atoms with Gasteiger partial charge in [0.1, 0.15) is 5.69 Å². The Labute approximate surface area is 181 Å². The van der Waals surface area contributed by atoms with E-state index in [1.807, 2.05) is 30.3 Å². The van der Waals surface area contributed by atoms with Gasteiger partial charge in [-0.25, -0.2) is 0 Å². The summed E-state index contributed by atoms with van der Waals surface area (Å²) in [5, 5.41) is 16.3. The molecule has 0 bridgehead atoms. The zero-order chi connectivity index (χ0) is 20.8. The van der Waals surface area contributed by atoms with Crippen LogP contribution in [0.3, 0.4) is 0 Å². The van der Waals surface area contributed by atoms with Crippen LogP contribution in [-0.4, -0.2) is 23.1 Å². The highest BCUT2D eigenvalue weighted by atomic mass is 35.5. The van der Waals surface area contributed by atoms with Gasteiger partial charge < -0.3 is 21.2 Å². The molecule has 0 spiro atoms. The van der Waals surface area contributed by atoms with Crippen molar-refractivity contribution in [3.63, 3.8) is 0 Å². The third-order valence-electron chi connectivity index (χ3n) is 3.09. The molecule has 0 aliphatic carbocycles. The Morgan fingerprint density at radius 3 is 2.00 bits per heavy atom. The molecule has 0 radical (unpaired) electrons. The lowest BCUT2D eigenvalue weighted by Crippen LogP contribution is -1.92. The van der Waals surface area contributed by atoms with Crippen LogP contribution in [0.25, 0.3) is 11.3 Å². The van der Waals surface area contributed by atoms with Gasteiger partial charge in [0.05, 0.1) is 19.3 Å². The molecule has 0 unspecified atom stereocenters. The molecule has 29 heavy (non-hydrogen) atoms. The molecule has 2 aromatic carbocycles. The summed E-state index contributed by atoms with van der Waals surface area (Å²) in [5.74, 6) is 2.88.